The predicted octanol–water partition coefficient (Wildman–Crippen LogP) is 5.02. The maximum absolute atomic E-state index is 9.12. The average Bonchev–Trinajstić information content (AvgIpc) is 2.74. The van der Waals surface area contributed by atoms with Crippen molar-refractivity contribution in [2.45, 2.75) is 63.2 Å². The summed E-state index contributed by atoms with van der Waals surface area (Å²) in [4.78, 5) is 11.8. The Morgan fingerprint density at radius 1 is 1.17 bits per heavy atom. The second-order valence-corrected chi connectivity index (χ2v) is 9.36. The van der Waals surface area contributed by atoms with Gasteiger partial charge in [0, 0.05) is 30.5 Å². The Labute approximate surface area is 177 Å². The van der Waals surface area contributed by atoms with Gasteiger partial charge < -0.3 is 4.90 Å². The highest BCUT2D eigenvalue weighted by Gasteiger charge is 2.41. The quantitative estimate of drug-likeness (QED) is 0.657. The Bertz CT molecular complexity index is 966. The van der Waals surface area contributed by atoms with Crippen molar-refractivity contribution in [1.82, 2.24) is 9.97 Å². The van der Waals surface area contributed by atoms with Crippen molar-refractivity contribution in [3.8, 4) is 6.07 Å². The maximum Gasteiger partial charge on any atom is 0.224 e. The third-order valence-corrected chi connectivity index (χ3v) is 7.46. The summed E-state index contributed by atoms with van der Waals surface area (Å²) in [5.74, 6) is 1.46. The Kier molecular flexibility index (Phi) is 4.95. The van der Waals surface area contributed by atoms with Gasteiger partial charge in [-0.05, 0) is 80.0 Å². The van der Waals surface area contributed by atoms with Gasteiger partial charge in [-0.25, -0.2) is 9.97 Å². The van der Waals surface area contributed by atoms with Crippen molar-refractivity contribution in [3.63, 3.8) is 0 Å². The van der Waals surface area contributed by atoms with E-state index in [1.54, 1.807) is 0 Å². The van der Waals surface area contributed by atoms with Gasteiger partial charge in [-0.15, -0.1) is 0 Å². The number of aryl methyl sites for hydroxylation is 1. The first-order valence-corrected chi connectivity index (χ1v) is 11.3. The minimum atomic E-state index is 0.196. The SMILES string of the molecule is N#CC[C@@H]1CCCN(c2nc(Cl)nc3c2CCC2(CCCc4ccccc42)C3)C1. The summed E-state index contributed by atoms with van der Waals surface area (Å²) in [6.45, 7) is 1.90. The number of anilines is 1. The maximum atomic E-state index is 9.12. The van der Waals surface area contributed by atoms with E-state index in [9.17, 15) is 0 Å². The number of nitrogens with zero attached hydrogens (tertiary/aromatic N) is 4. The fourth-order valence-corrected chi connectivity index (χ4v) is 6.11. The molecular formula is C24H27ClN4. The lowest BCUT2D eigenvalue weighted by molar-refractivity contribution is 0.312. The molecule has 0 saturated carbocycles. The first-order valence-electron chi connectivity index (χ1n) is 10.9. The van der Waals surface area contributed by atoms with E-state index in [-0.39, 0.29) is 5.41 Å². The van der Waals surface area contributed by atoms with Crippen molar-refractivity contribution in [1.29, 1.82) is 5.26 Å². The fourth-order valence-electron chi connectivity index (χ4n) is 5.93. The Morgan fingerprint density at radius 2 is 2.07 bits per heavy atom. The third kappa shape index (κ3) is 3.40. The summed E-state index contributed by atoms with van der Waals surface area (Å²) < 4.78 is 0. The van der Waals surface area contributed by atoms with E-state index in [4.69, 9.17) is 21.8 Å². The van der Waals surface area contributed by atoms with Crippen molar-refractivity contribution in [2.75, 3.05) is 18.0 Å². The van der Waals surface area contributed by atoms with Crippen LogP contribution < -0.4 is 4.90 Å². The van der Waals surface area contributed by atoms with Crippen LogP contribution >= 0.6 is 11.6 Å². The van der Waals surface area contributed by atoms with Crippen LogP contribution in [0.25, 0.3) is 0 Å². The summed E-state index contributed by atoms with van der Waals surface area (Å²) in [6, 6.07) is 11.3. The molecule has 4 nitrogen and oxygen atoms in total. The molecule has 0 radical (unpaired) electrons. The van der Waals surface area contributed by atoms with Gasteiger partial charge in [0.2, 0.25) is 5.28 Å². The predicted molar refractivity (Wildman–Crippen MR) is 115 cm³/mol. The fraction of sp³-hybridized carbons (Fsp3) is 0.542. The van der Waals surface area contributed by atoms with E-state index in [1.807, 2.05) is 0 Å². The summed E-state index contributed by atoms with van der Waals surface area (Å²) in [5, 5.41) is 9.48. The summed E-state index contributed by atoms with van der Waals surface area (Å²) in [7, 11) is 0. The van der Waals surface area contributed by atoms with Crippen LogP contribution in [0.15, 0.2) is 24.3 Å². The zero-order chi connectivity index (χ0) is 19.8. The lowest BCUT2D eigenvalue weighted by atomic mass is 9.62. The Hall–Kier alpha value is -2.12. The largest absolute Gasteiger partial charge is 0.356 e. The van der Waals surface area contributed by atoms with E-state index < -0.39 is 0 Å². The standard InChI is InChI=1S/C24H27ClN4/c25-23-27-21-15-24(11-3-7-18-6-1-2-8-20(18)24)12-9-19(21)22(28-23)29-14-4-5-17(16-29)10-13-26/h1-2,6,8,17H,3-5,7,9-12,14-16H2/t17-,24?/m0/s1. The molecule has 5 rings (SSSR count). The molecule has 2 heterocycles. The van der Waals surface area contributed by atoms with Crippen molar-refractivity contribution >= 4 is 17.4 Å². The molecule has 1 unspecified atom stereocenters. The van der Waals surface area contributed by atoms with Crippen molar-refractivity contribution in [2.24, 2.45) is 5.92 Å². The molecule has 3 aliphatic rings. The molecule has 2 aromatic rings. The Balaban J connectivity index is 1.50. The first-order chi connectivity index (χ1) is 14.2. The second kappa shape index (κ2) is 7.61. The molecule has 1 aromatic carbocycles. The van der Waals surface area contributed by atoms with Crippen LogP contribution in [0.1, 0.15) is 60.9 Å². The normalized spacial score (nSPS) is 25.9. The van der Waals surface area contributed by atoms with Gasteiger partial charge in [0.15, 0.2) is 0 Å². The molecule has 1 aromatic heterocycles. The highest BCUT2D eigenvalue weighted by molar-refractivity contribution is 6.28. The summed E-state index contributed by atoms with van der Waals surface area (Å²) >= 11 is 6.42. The number of halogens is 1. The second-order valence-electron chi connectivity index (χ2n) is 9.03. The zero-order valence-electron chi connectivity index (χ0n) is 16.8. The summed E-state index contributed by atoms with van der Waals surface area (Å²) in [5.41, 5.74) is 5.67. The van der Waals surface area contributed by atoms with E-state index in [1.165, 1.54) is 36.0 Å². The van der Waals surface area contributed by atoms with E-state index in [0.717, 1.165) is 56.7 Å². The van der Waals surface area contributed by atoms with Crippen molar-refractivity contribution < 1.29 is 0 Å². The van der Waals surface area contributed by atoms with Gasteiger partial charge in [-0.1, -0.05) is 24.3 Å². The third-order valence-electron chi connectivity index (χ3n) is 7.29. The van der Waals surface area contributed by atoms with Crippen LogP contribution in [0.2, 0.25) is 5.28 Å². The number of hydrogen-bond acceptors (Lipinski definition) is 4. The molecular weight excluding hydrogens is 380 g/mol. The number of nitriles is 1. The summed E-state index contributed by atoms with van der Waals surface area (Å²) in [6.07, 6.45) is 9.66. The van der Waals surface area contributed by atoms with Crippen LogP contribution in [-0.4, -0.2) is 23.1 Å². The minimum Gasteiger partial charge on any atom is -0.356 e. The van der Waals surface area contributed by atoms with Gasteiger partial charge in [-0.2, -0.15) is 5.26 Å². The van der Waals surface area contributed by atoms with Crippen LogP contribution in [-0.2, 0) is 24.7 Å². The van der Waals surface area contributed by atoms with Crippen LogP contribution in [0.4, 0.5) is 5.82 Å². The molecule has 29 heavy (non-hydrogen) atoms. The molecule has 2 atom stereocenters. The first kappa shape index (κ1) is 18.9. The molecule has 0 bridgehead atoms. The molecule has 1 saturated heterocycles. The highest BCUT2D eigenvalue weighted by Crippen LogP contribution is 2.47. The van der Waals surface area contributed by atoms with Crippen molar-refractivity contribution in [3.05, 3.63) is 51.9 Å². The number of rotatable bonds is 2. The molecule has 0 N–H and O–H groups in total. The van der Waals surface area contributed by atoms with Crippen LogP contribution in [0.5, 0.6) is 0 Å². The number of hydrogen-bond donors (Lipinski definition) is 0. The van der Waals surface area contributed by atoms with Gasteiger partial charge in [0.1, 0.15) is 5.82 Å². The molecule has 2 aliphatic carbocycles. The molecule has 150 valence electrons. The lowest BCUT2D eigenvalue weighted by Crippen LogP contribution is -2.40. The number of piperidine rings is 1. The molecule has 1 fully saturated rings. The molecule has 1 spiro atoms. The van der Waals surface area contributed by atoms with Gasteiger partial charge >= 0.3 is 0 Å². The molecule has 5 heteroatoms. The Morgan fingerprint density at radius 3 is 2.97 bits per heavy atom. The zero-order valence-corrected chi connectivity index (χ0v) is 17.6. The van der Waals surface area contributed by atoms with Crippen LogP contribution in [0, 0.1) is 17.2 Å². The number of aromatic nitrogens is 2. The van der Waals surface area contributed by atoms with E-state index in [0.29, 0.717) is 17.6 Å². The lowest BCUT2D eigenvalue weighted by Gasteiger charge is -2.43. The topological polar surface area (TPSA) is 52.8 Å². The average molecular weight is 407 g/mol. The van der Waals surface area contributed by atoms with Gasteiger partial charge in [0.05, 0.1) is 11.8 Å². The number of fused-ring (bicyclic) bond motifs is 3. The van der Waals surface area contributed by atoms with E-state index in [2.05, 4.69) is 40.2 Å². The monoisotopic (exact) mass is 406 g/mol. The number of benzene rings is 1. The molecule has 0 amide bonds. The highest BCUT2D eigenvalue weighted by atomic mass is 35.5. The van der Waals surface area contributed by atoms with E-state index >= 15 is 0 Å². The minimum absolute atomic E-state index is 0.196. The van der Waals surface area contributed by atoms with Gasteiger partial charge in [-0.3, -0.25) is 0 Å². The smallest absolute Gasteiger partial charge is 0.224 e. The van der Waals surface area contributed by atoms with Crippen LogP contribution in [0.3, 0.4) is 0 Å². The van der Waals surface area contributed by atoms with Gasteiger partial charge in [0.25, 0.3) is 0 Å². The molecule has 1 aliphatic heterocycles.